The summed E-state index contributed by atoms with van der Waals surface area (Å²) in [4.78, 5) is 28.2. The zero-order valence-corrected chi connectivity index (χ0v) is 15.4. The minimum absolute atomic E-state index is 0.00582. The van der Waals surface area contributed by atoms with Crippen LogP contribution in [0.25, 0.3) is 0 Å². The number of carbonyl (C=O) groups is 2. The zero-order valence-electron chi connectivity index (χ0n) is 15.4. The lowest BCUT2D eigenvalue weighted by Gasteiger charge is -2.38. The van der Waals surface area contributed by atoms with E-state index in [0.717, 1.165) is 0 Å². The van der Waals surface area contributed by atoms with Crippen LogP contribution in [0.2, 0.25) is 0 Å². The molecular weight excluding hydrogens is 336 g/mol. The Morgan fingerprint density at radius 1 is 1.19 bits per heavy atom. The van der Waals surface area contributed by atoms with Gasteiger partial charge in [0, 0.05) is 32.9 Å². The molecule has 1 aromatic rings. The van der Waals surface area contributed by atoms with E-state index < -0.39 is 5.79 Å². The quantitative estimate of drug-likeness (QED) is 0.799. The van der Waals surface area contributed by atoms with E-state index in [1.807, 2.05) is 19.1 Å². The summed E-state index contributed by atoms with van der Waals surface area (Å²) < 4.78 is 17.0. The van der Waals surface area contributed by atoms with Gasteiger partial charge >= 0.3 is 0 Å². The predicted molar refractivity (Wildman–Crippen MR) is 96.1 cm³/mol. The van der Waals surface area contributed by atoms with Gasteiger partial charge in [-0.05, 0) is 19.1 Å². The van der Waals surface area contributed by atoms with Crippen LogP contribution in [0.1, 0.15) is 26.7 Å². The molecule has 0 radical (unpaired) electrons. The molecule has 0 saturated carbocycles. The Hall–Kier alpha value is -2.12. The van der Waals surface area contributed by atoms with Crippen LogP contribution in [0.4, 0.5) is 5.69 Å². The molecular formula is C19H26N2O5. The van der Waals surface area contributed by atoms with Crippen molar-refractivity contribution in [3.05, 3.63) is 24.3 Å². The zero-order chi connectivity index (χ0) is 18.6. The van der Waals surface area contributed by atoms with E-state index in [-0.39, 0.29) is 18.4 Å². The third-order valence-electron chi connectivity index (χ3n) is 4.82. The van der Waals surface area contributed by atoms with E-state index in [1.54, 1.807) is 17.0 Å². The first kappa shape index (κ1) is 18.7. The van der Waals surface area contributed by atoms with Crippen LogP contribution in [0, 0.1) is 0 Å². The summed E-state index contributed by atoms with van der Waals surface area (Å²) in [6.07, 6.45) is 1.32. The molecule has 1 spiro atoms. The van der Waals surface area contributed by atoms with Crippen molar-refractivity contribution in [2.45, 2.75) is 32.5 Å². The fourth-order valence-electron chi connectivity index (χ4n) is 3.44. The molecule has 2 fully saturated rings. The van der Waals surface area contributed by atoms with Gasteiger partial charge in [-0.25, -0.2) is 0 Å². The van der Waals surface area contributed by atoms with Gasteiger partial charge in [0.25, 0.3) is 0 Å². The number of likely N-dealkylation sites (tertiary alicyclic amines) is 1. The number of nitrogens with zero attached hydrogens (tertiary/aromatic N) is 2. The highest BCUT2D eigenvalue weighted by atomic mass is 16.7. The van der Waals surface area contributed by atoms with Gasteiger partial charge in [-0.1, -0.05) is 12.1 Å². The molecule has 0 aromatic heterocycles. The van der Waals surface area contributed by atoms with E-state index in [1.165, 1.54) is 11.8 Å². The van der Waals surface area contributed by atoms with Crippen molar-refractivity contribution in [1.82, 2.24) is 4.90 Å². The first-order chi connectivity index (χ1) is 12.5. The van der Waals surface area contributed by atoms with Crippen molar-refractivity contribution in [3.8, 4) is 5.75 Å². The molecule has 2 amide bonds. The van der Waals surface area contributed by atoms with Gasteiger partial charge in [0.2, 0.25) is 11.8 Å². The van der Waals surface area contributed by atoms with Gasteiger partial charge in [0.15, 0.2) is 5.79 Å². The fourth-order valence-corrected chi connectivity index (χ4v) is 3.44. The average Bonchev–Trinajstić information content (AvgIpc) is 3.09. The first-order valence-electron chi connectivity index (χ1n) is 9.10. The number of para-hydroxylation sites is 2. The molecule has 0 N–H and O–H groups in total. The largest absolute Gasteiger partial charge is 0.492 e. The summed E-state index contributed by atoms with van der Waals surface area (Å²) in [6, 6.07) is 7.28. The highest BCUT2D eigenvalue weighted by molar-refractivity contribution is 5.98. The smallest absolute Gasteiger partial charge is 0.242 e. The minimum Gasteiger partial charge on any atom is -0.492 e. The van der Waals surface area contributed by atoms with Crippen molar-refractivity contribution in [2.24, 2.45) is 0 Å². The minimum atomic E-state index is -0.515. The maximum absolute atomic E-state index is 12.8. The number of ether oxygens (including phenoxy) is 3. The van der Waals surface area contributed by atoms with Gasteiger partial charge in [-0.3, -0.25) is 14.5 Å². The van der Waals surface area contributed by atoms with Crippen molar-refractivity contribution in [2.75, 3.05) is 44.4 Å². The molecule has 2 aliphatic rings. The van der Waals surface area contributed by atoms with Crippen molar-refractivity contribution < 1.29 is 23.8 Å². The molecule has 0 bridgehead atoms. The number of benzene rings is 1. The molecule has 142 valence electrons. The fraction of sp³-hybridized carbons (Fsp3) is 0.579. The second-order valence-electron chi connectivity index (χ2n) is 6.49. The van der Waals surface area contributed by atoms with Gasteiger partial charge in [0.05, 0.1) is 25.5 Å². The van der Waals surface area contributed by atoms with Gasteiger partial charge < -0.3 is 19.1 Å². The maximum Gasteiger partial charge on any atom is 0.242 e. The first-order valence-corrected chi connectivity index (χ1v) is 9.10. The van der Waals surface area contributed by atoms with Gasteiger partial charge in [-0.15, -0.1) is 0 Å². The van der Waals surface area contributed by atoms with Crippen LogP contribution in [0.3, 0.4) is 0 Å². The number of carbonyl (C=O) groups excluding carboxylic acids is 2. The van der Waals surface area contributed by atoms with Crippen LogP contribution in [0.15, 0.2) is 24.3 Å². The van der Waals surface area contributed by atoms with Gasteiger partial charge in [0.1, 0.15) is 12.3 Å². The number of amides is 2. The van der Waals surface area contributed by atoms with E-state index in [0.29, 0.717) is 57.2 Å². The maximum atomic E-state index is 12.8. The highest BCUT2D eigenvalue weighted by Crippen LogP contribution is 2.32. The van der Waals surface area contributed by atoms with E-state index >= 15 is 0 Å². The molecule has 1 aromatic carbocycles. The molecule has 3 rings (SSSR count). The Morgan fingerprint density at radius 3 is 2.46 bits per heavy atom. The van der Waals surface area contributed by atoms with E-state index in [4.69, 9.17) is 14.2 Å². The number of hydrogen-bond acceptors (Lipinski definition) is 5. The molecule has 0 unspecified atom stereocenters. The van der Waals surface area contributed by atoms with Crippen molar-refractivity contribution in [3.63, 3.8) is 0 Å². The van der Waals surface area contributed by atoms with Crippen molar-refractivity contribution in [1.29, 1.82) is 0 Å². The molecule has 2 saturated heterocycles. The SMILES string of the molecule is CCOc1ccccc1N(CC(=O)N1CCC2(CC1)OCCO2)C(C)=O. The molecule has 0 atom stereocenters. The normalized spacial score (nSPS) is 18.8. The topological polar surface area (TPSA) is 68.3 Å². The summed E-state index contributed by atoms with van der Waals surface area (Å²) in [7, 11) is 0. The predicted octanol–water partition coefficient (Wildman–Crippen LogP) is 1.80. The van der Waals surface area contributed by atoms with Crippen LogP contribution in [0.5, 0.6) is 5.75 Å². The number of piperidine rings is 1. The number of anilines is 1. The molecule has 2 aliphatic heterocycles. The van der Waals surface area contributed by atoms with Crippen LogP contribution < -0.4 is 9.64 Å². The van der Waals surface area contributed by atoms with E-state index in [9.17, 15) is 9.59 Å². The highest BCUT2D eigenvalue weighted by Gasteiger charge is 2.41. The third kappa shape index (κ3) is 3.99. The van der Waals surface area contributed by atoms with Gasteiger partial charge in [-0.2, -0.15) is 0 Å². The van der Waals surface area contributed by atoms with Crippen LogP contribution in [-0.2, 0) is 19.1 Å². The van der Waals surface area contributed by atoms with E-state index in [2.05, 4.69) is 0 Å². The summed E-state index contributed by atoms with van der Waals surface area (Å²) >= 11 is 0. The Labute approximate surface area is 153 Å². The third-order valence-corrected chi connectivity index (χ3v) is 4.82. The number of hydrogen-bond donors (Lipinski definition) is 0. The molecule has 7 heteroatoms. The summed E-state index contributed by atoms with van der Waals surface area (Å²) in [5.41, 5.74) is 0.617. The Kier molecular flexibility index (Phi) is 5.78. The average molecular weight is 362 g/mol. The van der Waals surface area contributed by atoms with Crippen LogP contribution in [-0.4, -0.2) is 62.0 Å². The molecule has 7 nitrogen and oxygen atoms in total. The molecule has 26 heavy (non-hydrogen) atoms. The summed E-state index contributed by atoms with van der Waals surface area (Å²) in [6.45, 7) is 6.19. The Bertz CT molecular complexity index is 647. The van der Waals surface area contributed by atoms with Crippen LogP contribution >= 0.6 is 0 Å². The number of rotatable bonds is 5. The second-order valence-corrected chi connectivity index (χ2v) is 6.49. The molecule has 0 aliphatic carbocycles. The second kappa shape index (κ2) is 8.05. The summed E-state index contributed by atoms with van der Waals surface area (Å²) in [5.74, 6) is -0.192. The monoisotopic (exact) mass is 362 g/mol. The standard InChI is InChI=1S/C19H26N2O5/c1-3-24-17-7-5-4-6-16(17)21(15(2)22)14-18(23)20-10-8-19(9-11-20)25-12-13-26-19/h4-7H,3,8-14H2,1-2H3. The Balaban J connectivity index is 1.67. The lowest BCUT2D eigenvalue weighted by Crippen LogP contribution is -2.50. The van der Waals surface area contributed by atoms with Crippen molar-refractivity contribution >= 4 is 17.5 Å². The lowest BCUT2D eigenvalue weighted by atomic mass is 10.0. The Morgan fingerprint density at radius 2 is 1.85 bits per heavy atom. The lowest BCUT2D eigenvalue weighted by molar-refractivity contribution is -0.187. The molecule has 2 heterocycles. The summed E-state index contributed by atoms with van der Waals surface area (Å²) in [5, 5.41) is 0.